The van der Waals surface area contributed by atoms with Gasteiger partial charge in [0, 0.05) is 18.1 Å². The second-order valence-electron chi connectivity index (χ2n) is 3.52. The van der Waals surface area contributed by atoms with Gasteiger partial charge in [0.2, 0.25) is 0 Å². The molecule has 0 radical (unpaired) electrons. The molecule has 2 aromatic rings. The van der Waals surface area contributed by atoms with E-state index >= 15 is 0 Å². The van der Waals surface area contributed by atoms with E-state index in [1.54, 1.807) is 6.07 Å². The quantitative estimate of drug-likeness (QED) is 0.786. The molecule has 0 saturated heterocycles. The van der Waals surface area contributed by atoms with E-state index in [4.69, 9.17) is 5.41 Å². The molecule has 2 aromatic heterocycles. The van der Waals surface area contributed by atoms with E-state index in [1.807, 2.05) is 48.1 Å². The van der Waals surface area contributed by atoms with Crippen molar-refractivity contribution in [2.45, 2.75) is 13.5 Å². The maximum atomic E-state index is 7.70. The summed E-state index contributed by atoms with van der Waals surface area (Å²) < 4.78 is 1.88. The van der Waals surface area contributed by atoms with E-state index in [9.17, 15) is 0 Å². The second kappa shape index (κ2) is 4.09. The Hall–Kier alpha value is -1.90. The van der Waals surface area contributed by atoms with E-state index < -0.39 is 0 Å². The molecule has 2 rings (SSSR count). The third-order valence-corrected chi connectivity index (χ3v) is 2.27. The number of aromatic nitrogens is 2. The summed E-state index contributed by atoms with van der Waals surface area (Å²) in [5, 5.41) is 7.70. The molecule has 0 aliphatic rings. The molecule has 0 spiro atoms. The minimum atomic E-state index is 0.512. The van der Waals surface area contributed by atoms with Crippen LogP contribution in [0.4, 0.5) is 0 Å². The van der Waals surface area contributed by atoms with Gasteiger partial charge in [-0.15, -0.1) is 0 Å². The van der Waals surface area contributed by atoms with Gasteiger partial charge in [0.25, 0.3) is 0 Å². The summed E-state index contributed by atoms with van der Waals surface area (Å²) in [6.07, 6.45) is 3.76. The highest BCUT2D eigenvalue weighted by molar-refractivity contribution is 5.13. The lowest BCUT2D eigenvalue weighted by molar-refractivity contribution is 0.728. The van der Waals surface area contributed by atoms with Crippen LogP contribution in [-0.4, -0.2) is 9.55 Å². The monoisotopic (exact) mass is 199 g/mol. The highest BCUT2D eigenvalue weighted by Gasteiger charge is 1.95. The Morgan fingerprint density at radius 2 is 2.13 bits per heavy atom. The standard InChI is InChI=1S/C12H13N3/c1-10-5-6-11(8-14-10)9-15-7-3-2-4-12(15)13/h2-8,13H,9H2,1H3. The summed E-state index contributed by atoms with van der Waals surface area (Å²) in [6, 6.07) is 9.61. The van der Waals surface area contributed by atoms with Gasteiger partial charge in [-0.25, -0.2) is 0 Å². The van der Waals surface area contributed by atoms with Gasteiger partial charge in [0.05, 0.1) is 6.54 Å². The van der Waals surface area contributed by atoms with Gasteiger partial charge >= 0.3 is 0 Å². The molecule has 3 nitrogen and oxygen atoms in total. The maximum Gasteiger partial charge on any atom is 0.124 e. The van der Waals surface area contributed by atoms with Crippen LogP contribution in [0.15, 0.2) is 42.7 Å². The predicted octanol–water partition coefficient (Wildman–Crippen LogP) is 1.72. The number of rotatable bonds is 2. The molecule has 0 aromatic carbocycles. The van der Waals surface area contributed by atoms with Crippen LogP contribution in [-0.2, 0) is 6.54 Å². The van der Waals surface area contributed by atoms with Crippen molar-refractivity contribution in [1.82, 2.24) is 9.55 Å². The van der Waals surface area contributed by atoms with Gasteiger partial charge in [-0.2, -0.15) is 0 Å². The topological polar surface area (TPSA) is 41.7 Å². The van der Waals surface area contributed by atoms with Gasteiger partial charge in [-0.1, -0.05) is 12.1 Å². The van der Waals surface area contributed by atoms with Crippen molar-refractivity contribution in [3.05, 3.63) is 59.5 Å². The Balaban J connectivity index is 2.26. The lowest BCUT2D eigenvalue weighted by Gasteiger charge is -2.06. The van der Waals surface area contributed by atoms with E-state index in [2.05, 4.69) is 4.98 Å². The molecule has 3 heteroatoms. The number of nitrogens with one attached hydrogen (secondary N) is 1. The zero-order chi connectivity index (χ0) is 10.7. The van der Waals surface area contributed by atoms with Gasteiger partial charge in [0.1, 0.15) is 5.49 Å². The first-order chi connectivity index (χ1) is 7.25. The lowest BCUT2D eigenvalue weighted by Crippen LogP contribution is -2.18. The predicted molar refractivity (Wildman–Crippen MR) is 58.4 cm³/mol. The number of hydrogen-bond acceptors (Lipinski definition) is 2. The van der Waals surface area contributed by atoms with Gasteiger partial charge in [-0.3, -0.25) is 10.4 Å². The van der Waals surface area contributed by atoms with Crippen molar-refractivity contribution in [3.63, 3.8) is 0 Å². The fraction of sp³-hybridized carbons (Fsp3) is 0.167. The molecule has 15 heavy (non-hydrogen) atoms. The molecule has 0 fully saturated rings. The molecule has 0 aliphatic carbocycles. The van der Waals surface area contributed by atoms with Crippen molar-refractivity contribution in [1.29, 1.82) is 5.41 Å². The molecule has 0 bridgehead atoms. The zero-order valence-electron chi connectivity index (χ0n) is 8.64. The third-order valence-electron chi connectivity index (χ3n) is 2.27. The zero-order valence-corrected chi connectivity index (χ0v) is 8.64. The van der Waals surface area contributed by atoms with Crippen LogP contribution in [0, 0.1) is 12.3 Å². The molecule has 1 N–H and O–H groups in total. The summed E-state index contributed by atoms with van der Waals surface area (Å²) in [5.41, 5.74) is 2.64. The fourth-order valence-electron chi connectivity index (χ4n) is 1.40. The van der Waals surface area contributed by atoms with Crippen molar-refractivity contribution in [2.24, 2.45) is 0 Å². The van der Waals surface area contributed by atoms with Crippen LogP contribution in [0.3, 0.4) is 0 Å². The summed E-state index contributed by atoms with van der Waals surface area (Å²) in [6.45, 7) is 2.67. The molecule has 0 unspecified atom stereocenters. The molecular formula is C12H13N3. The first-order valence-corrected chi connectivity index (χ1v) is 4.87. The molecule has 76 valence electrons. The van der Waals surface area contributed by atoms with E-state index in [0.29, 0.717) is 12.0 Å². The number of pyridine rings is 2. The summed E-state index contributed by atoms with van der Waals surface area (Å²) in [4.78, 5) is 4.23. The van der Waals surface area contributed by atoms with E-state index in [1.165, 1.54) is 0 Å². The minimum Gasteiger partial charge on any atom is -0.329 e. The molecule has 0 atom stereocenters. The highest BCUT2D eigenvalue weighted by atomic mass is 15.0. The number of aryl methyl sites for hydroxylation is 1. The average molecular weight is 199 g/mol. The van der Waals surface area contributed by atoms with E-state index in [-0.39, 0.29) is 0 Å². The molecular weight excluding hydrogens is 186 g/mol. The Kier molecular flexibility index (Phi) is 2.63. The Morgan fingerprint density at radius 3 is 2.80 bits per heavy atom. The number of nitrogens with zero attached hydrogens (tertiary/aromatic N) is 2. The molecule has 2 heterocycles. The third kappa shape index (κ3) is 2.31. The lowest BCUT2D eigenvalue weighted by atomic mass is 10.2. The largest absolute Gasteiger partial charge is 0.329 e. The molecule has 0 saturated carbocycles. The normalized spacial score (nSPS) is 10.2. The summed E-state index contributed by atoms with van der Waals surface area (Å²) in [5.74, 6) is 0. The Bertz CT molecular complexity index is 497. The average Bonchev–Trinajstić information content (AvgIpc) is 2.25. The van der Waals surface area contributed by atoms with Crippen molar-refractivity contribution < 1.29 is 0 Å². The van der Waals surface area contributed by atoms with Crippen LogP contribution < -0.4 is 5.49 Å². The van der Waals surface area contributed by atoms with Crippen molar-refractivity contribution >= 4 is 0 Å². The highest BCUT2D eigenvalue weighted by Crippen LogP contribution is 2.00. The van der Waals surface area contributed by atoms with Crippen LogP contribution in [0.1, 0.15) is 11.3 Å². The minimum absolute atomic E-state index is 0.512. The van der Waals surface area contributed by atoms with Gasteiger partial charge in [0.15, 0.2) is 0 Å². The summed E-state index contributed by atoms with van der Waals surface area (Å²) in [7, 11) is 0. The van der Waals surface area contributed by atoms with Crippen LogP contribution >= 0.6 is 0 Å². The van der Waals surface area contributed by atoms with Crippen LogP contribution in [0.25, 0.3) is 0 Å². The van der Waals surface area contributed by atoms with Gasteiger partial charge in [-0.05, 0) is 30.7 Å². The number of hydrogen-bond donors (Lipinski definition) is 1. The first-order valence-electron chi connectivity index (χ1n) is 4.87. The van der Waals surface area contributed by atoms with Crippen LogP contribution in [0.2, 0.25) is 0 Å². The SMILES string of the molecule is Cc1ccc(Cn2ccccc2=N)cn1. The second-order valence-corrected chi connectivity index (χ2v) is 3.52. The van der Waals surface area contributed by atoms with Gasteiger partial charge < -0.3 is 4.57 Å². The van der Waals surface area contributed by atoms with Crippen molar-refractivity contribution in [3.8, 4) is 0 Å². The summed E-state index contributed by atoms with van der Waals surface area (Å²) >= 11 is 0. The fourth-order valence-corrected chi connectivity index (χ4v) is 1.40. The van der Waals surface area contributed by atoms with Crippen molar-refractivity contribution in [2.75, 3.05) is 0 Å². The maximum absolute atomic E-state index is 7.70. The molecule has 0 amide bonds. The Labute approximate surface area is 88.6 Å². The van der Waals surface area contributed by atoms with E-state index in [0.717, 1.165) is 11.3 Å². The first kappa shape index (κ1) is 9.65. The van der Waals surface area contributed by atoms with Crippen LogP contribution in [0.5, 0.6) is 0 Å². The smallest absolute Gasteiger partial charge is 0.124 e. The molecule has 0 aliphatic heterocycles. The Morgan fingerprint density at radius 1 is 1.27 bits per heavy atom.